The monoisotopic (exact) mass is 210 g/mol. The van der Waals surface area contributed by atoms with Crippen molar-refractivity contribution in [2.24, 2.45) is 11.7 Å². The molecule has 15 heavy (non-hydrogen) atoms. The van der Waals surface area contributed by atoms with Crippen LogP contribution >= 0.6 is 0 Å². The lowest BCUT2D eigenvalue weighted by atomic mass is 9.96. The van der Waals surface area contributed by atoms with Gasteiger partial charge < -0.3 is 5.73 Å². The number of nitrogens with two attached hydrogens (primary N) is 1. The molecule has 1 aromatic rings. The van der Waals surface area contributed by atoms with E-state index in [4.69, 9.17) is 5.73 Å². The van der Waals surface area contributed by atoms with Crippen LogP contribution in [-0.4, -0.2) is 34.3 Å². The second-order valence-corrected chi connectivity index (χ2v) is 4.59. The predicted octanol–water partition coefficient (Wildman–Crippen LogP) is 0.547. The van der Waals surface area contributed by atoms with Gasteiger partial charge in [0.2, 0.25) is 0 Å². The Morgan fingerprint density at radius 2 is 2.27 bits per heavy atom. The fourth-order valence-corrected chi connectivity index (χ4v) is 2.25. The molecule has 2 unspecified atom stereocenters. The molecule has 1 saturated heterocycles. The van der Waals surface area contributed by atoms with Crippen molar-refractivity contribution in [3.63, 3.8) is 0 Å². The molecule has 2 N–H and O–H groups in total. The van der Waals surface area contributed by atoms with Crippen molar-refractivity contribution in [1.82, 2.24) is 15.2 Å². The molecule has 1 aliphatic rings. The summed E-state index contributed by atoms with van der Waals surface area (Å²) in [4.78, 5) is 2.32. The summed E-state index contributed by atoms with van der Waals surface area (Å²) in [6.07, 6.45) is 1.12. The van der Waals surface area contributed by atoms with Crippen molar-refractivity contribution in [2.75, 3.05) is 13.1 Å². The zero-order valence-corrected chi connectivity index (χ0v) is 9.31. The minimum atomic E-state index is 0.286. The molecule has 1 fully saturated rings. The van der Waals surface area contributed by atoms with E-state index in [9.17, 15) is 0 Å². The average molecular weight is 210 g/mol. The molecule has 0 amide bonds. The lowest BCUT2D eigenvalue weighted by molar-refractivity contribution is 0.154. The third-order valence-corrected chi connectivity index (χ3v) is 2.89. The molecule has 5 nitrogen and oxygen atoms in total. The first-order valence-corrected chi connectivity index (χ1v) is 5.41. The van der Waals surface area contributed by atoms with E-state index in [1.807, 2.05) is 6.92 Å². The minimum Gasteiger partial charge on any atom is -0.327 e. The van der Waals surface area contributed by atoms with Crippen LogP contribution in [0, 0.1) is 12.8 Å². The lowest BCUT2D eigenvalue weighted by Gasteiger charge is -2.34. The molecule has 0 aromatic carbocycles. The van der Waals surface area contributed by atoms with Crippen LogP contribution in [0.2, 0.25) is 0 Å². The number of hydrogen-bond acceptors (Lipinski definition) is 5. The Bertz CT molecular complexity index is 315. The Kier molecular flexibility index (Phi) is 3.02. The summed E-state index contributed by atoms with van der Waals surface area (Å²) < 4.78 is 4.68. The number of aromatic nitrogens is 2. The summed E-state index contributed by atoms with van der Waals surface area (Å²) in [5, 5.41) is 7.67. The van der Waals surface area contributed by atoms with Gasteiger partial charge in [0.25, 0.3) is 0 Å². The summed E-state index contributed by atoms with van der Waals surface area (Å²) in [5.41, 5.74) is 7.79. The number of piperidine rings is 1. The summed E-state index contributed by atoms with van der Waals surface area (Å²) in [6.45, 7) is 6.98. The van der Waals surface area contributed by atoms with Gasteiger partial charge in [-0.25, -0.2) is 4.63 Å². The van der Waals surface area contributed by atoms with Gasteiger partial charge in [-0.1, -0.05) is 17.2 Å². The highest BCUT2D eigenvalue weighted by Crippen LogP contribution is 2.17. The third-order valence-electron chi connectivity index (χ3n) is 2.89. The highest BCUT2D eigenvalue weighted by molar-refractivity contribution is 5.04. The van der Waals surface area contributed by atoms with E-state index in [1.54, 1.807) is 0 Å². The summed E-state index contributed by atoms with van der Waals surface area (Å²) in [5.74, 6) is 0.661. The van der Waals surface area contributed by atoms with Crippen LogP contribution < -0.4 is 5.73 Å². The van der Waals surface area contributed by atoms with Crippen molar-refractivity contribution in [2.45, 2.75) is 32.9 Å². The number of rotatable bonds is 2. The van der Waals surface area contributed by atoms with Crippen LogP contribution in [0.1, 0.15) is 24.7 Å². The molecule has 2 atom stereocenters. The van der Waals surface area contributed by atoms with Gasteiger partial charge in [-0.15, -0.1) is 0 Å². The first-order chi connectivity index (χ1) is 7.15. The maximum absolute atomic E-state index is 5.98. The van der Waals surface area contributed by atoms with E-state index in [-0.39, 0.29) is 6.04 Å². The zero-order chi connectivity index (χ0) is 10.8. The first-order valence-electron chi connectivity index (χ1n) is 5.41. The molecule has 0 aliphatic carbocycles. The lowest BCUT2D eigenvalue weighted by Crippen LogP contribution is -2.45. The fraction of sp³-hybridized carbons (Fsp3) is 0.800. The van der Waals surface area contributed by atoms with E-state index in [0.29, 0.717) is 5.92 Å². The van der Waals surface area contributed by atoms with Gasteiger partial charge in [0.1, 0.15) is 11.4 Å². The summed E-state index contributed by atoms with van der Waals surface area (Å²) in [7, 11) is 0. The topological polar surface area (TPSA) is 68.2 Å². The molecule has 5 heteroatoms. The van der Waals surface area contributed by atoms with Gasteiger partial charge >= 0.3 is 0 Å². The molecular weight excluding hydrogens is 192 g/mol. The van der Waals surface area contributed by atoms with E-state index >= 15 is 0 Å². The number of aryl methyl sites for hydroxylation is 1. The Morgan fingerprint density at radius 3 is 2.87 bits per heavy atom. The van der Waals surface area contributed by atoms with E-state index in [1.165, 1.54) is 0 Å². The van der Waals surface area contributed by atoms with Crippen molar-refractivity contribution in [1.29, 1.82) is 0 Å². The minimum absolute atomic E-state index is 0.286. The molecular formula is C10H18N4O. The normalized spacial score (nSPS) is 28.2. The van der Waals surface area contributed by atoms with Crippen molar-refractivity contribution >= 4 is 0 Å². The largest absolute Gasteiger partial charge is 0.327 e. The second-order valence-electron chi connectivity index (χ2n) is 4.59. The summed E-state index contributed by atoms with van der Waals surface area (Å²) >= 11 is 0. The Morgan fingerprint density at radius 1 is 1.47 bits per heavy atom. The molecule has 1 aliphatic heterocycles. The standard InChI is InChI=1S/C10H18N4O/c1-7-3-9(11)5-14(4-7)6-10-8(2)12-15-13-10/h7,9H,3-6,11H2,1-2H3. The Labute approximate surface area is 89.6 Å². The maximum Gasteiger partial charge on any atom is 0.122 e. The van der Waals surface area contributed by atoms with Crippen LogP contribution in [0.4, 0.5) is 0 Å². The predicted molar refractivity (Wildman–Crippen MR) is 56.1 cm³/mol. The van der Waals surface area contributed by atoms with Gasteiger partial charge in [0.05, 0.1) is 0 Å². The van der Waals surface area contributed by atoms with Crippen molar-refractivity contribution < 1.29 is 4.63 Å². The Balaban J connectivity index is 1.97. The van der Waals surface area contributed by atoms with E-state index in [2.05, 4.69) is 26.8 Å². The smallest absolute Gasteiger partial charge is 0.122 e. The molecule has 0 bridgehead atoms. The van der Waals surface area contributed by atoms with Crippen LogP contribution in [0.3, 0.4) is 0 Å². The quantitative estimate of drug-likeness (QED) is 0.772. The number of likely N-dealkylation sites (tertiary alicyclic amines) is 1. The summed E-state index contributed by atoms with van der Waals surface area (Å²) in [6, 6.07) is 0.286. The molecule has 0 spiro atoms. The van der Waals surface area contributed by atoms with Gasteiger partial charge in [-0.2, -0.15) is 0 Å². The maximum atomic E-state index is 5.98. The van der Waals surface area contributed by atoms with Crippen molar-refractivity contribution in [3.8, 4) is 0 Å². The Hall–Kier alpha value is -0.940. The number of hydrogen-bond donors (Lipinski definition) is 1. The van der Waals surface area contributed by atoms with E-state index < -0.39 is 0 Å². The molecule has 0 saturated carbocycles. The highest BCUT2D eigenvalue weighted by atomic mass is 16.6. The molecule has 84 valence electrons. The molecule has 2 heterocycles. The number of nitrogens with zero attached hydrogens (tertiary/aromatic N) is 3. The average Bonchev–Trinajstić information content (AvgIpc) is 2.50. The van der Waals surface area contributed by atoms with Crippen LogP contribution in [0.5, 0.6) is 0 Å². The van der Waals surface area contributed by atoms with Crippen LogP contribution in [-0.2, 0) is 6.54 Å². The van der Waals surface area contributed by atoms with Gasteiger partial charge in [0, 0.05) is 25.7 Å². The van der Waals surface area contributed by atoms with Gasteiger partial charge in [-0.3, -0.25) is 4.90 Å². The van der Waals surface area contributed by atoms with Crippen LogP contribution in [0.15, 0.2) is 4.63 Å². The van der Waals surface area contributed by atoms with Crippen molar-refractivity contribution in [3.05, 3.63) is 11.4 Å². The molecule has 2 rings (SSSR count). The highest BCUT2D eigenvalue weighted by Gasteiger charge is 2.23. The second kappa shape index (κ2) is 4.28. The first kappa shape index (κ1) is 10.6. The third kappa shape index (κ3) is 2.54. The van der Waals surface area contributed by atoms with Gasteiger partial charge in [0.15, 0.2) is 0 Å². The molecule has 0 radical (unpaired) electrons. The van der Waals surface area contributed by atoms with E-state index in [0.717, 1.165) is 37.4 Å². The van der Waals surface area contributed by atoms with Crippen LogP contribution in [0.25, 0.3) is 0 Å². The van der Waals surface area contributed by atoms with Gasteiger partial charge in [-0.05, 0) is 19.3 Å². The molecule has 1 aromatic heterocycles. The fourth-order valence-electron chi connectivity index (χ4n) is 2.25. The zero-order valence-electron chi connectivity index (χ0n) is 9.31. The SMILES string of the molecule is Cc1nonc1CN1CC(C)CC(N)C1.